The quantitative estimate of drug-likeness (QED) is 0.807. The Hall–Kier alpha value is -2.83. The molecule has 1 aromatic carbocycles. The lowest BCUT2D eigenvalue weighted by Crippen LogP contribution is -2.19. The maximum atomic E-state index is 11.8. The number of amides is 1. The topological polar surface area (TPSA) is 99.2 Å². The third-order valence-electron chi connectivity index (χ3n) is 2.53. The summed E-state index contributed by atoms with van der Waals surface area (Å²) in [6.07, 6.45) is 1.41. The van der Waals surface area contributed by atoms with Gasteiger partial charge in [0, 0.05) is 11.9 Å². The number of carbonyl (C=O) groups is 2. The van der Waals surface area contributed by atoms with E-state index in [-0.39, 0.29) is 23.8 Å². The van der Waals surface area contributed by atoms with Gasteiger partial charge in [0.1, 0.15) is 6.54 Å². The molecule has 0 radical (unpaired) electrons. The van der Waals surface area contributed by atoms with E-state index < -0.39 is 5.97 Å². The van der Waals surface area contributed by atoms with Crippen molar-refractivity contribution >= 4 is 23.3 Å². The molecular weight excluding hydrogens is 260 g/mol. The molecule has 3 N–H and O–H groups in total. The lowest BCUT2D eigenvalue weighted by Gasteiger charge is -2.04. The molecule has 0 saturated heterocycles. The number of nitrogen functional groups attached to an aromatic ring is 1. The van der Waals surface area contributed by atoms with E-state index in [2.05, 4.69) is 15.2 Å². The fourth-order valence-electron chi connectivity index (χ4n) is 1.64. The van der Waals surface area contributed by atoms with Gasteiger partial charge in [-0.25, -0.2) is 4.79 Å². The number of hydrogen-bond donors (Lipinski definition) is 2. The number of nitrogens with zero attached hydrogens (tertiary/aromatic N) is 2. The number of methoxy groups -OCH3 is 1. The average molecular weight is 274 g/mol. The zero-order valence-corrected chi connectivity index (χ0v) is 10.9. The Morgan fingerprint density at radius 3 is 2.70 bits per heavy atom. The second-order valence-electron chi connectivity index (χ2n) is 4.04. The summed E-state index contributed by atoms with van der Waals surface area (Å²) in [6.45, 7) is -0.0455. The minimum absolute atomic E-state index is 0.0000103. The summed E-state index contributed by atoms with van der Waals surface area (Å²) >= 11 is 0. The van der Waals surface area contributed by atoms with Crippen molar-refractivity contribution in [3.63, 3.8) is 0 Å². The zero-order chi connectivity index (χ0) is 14.5. The van der Waals surface area contributed by atoms with Crippen LogP contribution in [0, 0.1) is 0 Å². The first-order valence-corrected chi connectivity index (χ1v) is 5.86. The SMILES string of the molecule is COC(=O)c1nn(CC(=O)Nc2ccccc2)cc1N. The Morgan fingerprint density at radius 1 is 1.35 bits per heavy atom. The molecule has 0 unspecified atom stereocenters. The van der Waals surface area contributed by atoms with Crippen LogP contribution in [0.5, 0.6) is 0 Å². The fourth-order valence-corrected chi connectivity index (χ4v) is 1.64. The van der Waals surface area contributed by atoms with Crippen molar-refractivity contribution in [2.45, 2.75) is 6.54 Å². The molecule has 1 aromatic heterocycles. The highest BCUT2D eigenvalue weighted by molar-refractivity contribution is 5.93. The Balaban J connectivity index is 2.03. The monoisotopic (exact) mass is 274 g/mol. The van der Waals surface area contributed by atoms with Crippen LogP contribution in [0.2, 0.25) is 0 Å². The van der Waals surface area contributed by atoms with Gasteiger partial charge in [-0.3, -0.25) is 9.48 Å². The van der Waals surface area contributed by atoms with Gasteiger partial charge in [0.2, 0.25) is 5.91 Å². The van der Waals surface area contributed by atoms with Crippen LogP contribution < -0.4 is 11.1 Å². The first-order valence-electron chi connectivity index (χ1n) is 5.86. The standard InChI is InChI=1S/C13H14N4O3/c1-20-13(19)12-10(14)7-17(16-12)8-11(18)15-9-5-3-2-4-6-9/h2-7H,8,14H2,1H3,(H,15,18). The molecule has 2 aromatic rings. The number of anilines is 2. The number of nitrogens with two attached hydrogens (primary N) is 1. The maximum Gasteiger partial charge on any atom is 0.360 e. The average Bonchev–Trinajstić information content (AvgIpc) is 2.79. The van der Waals surface area contributed by atoms with Crippen molar-refractivity contribution in [1.29, 1.82) is 0 Å². The van der Waals surface area contributed by atoms with Gasteiger partial charge in [-0.05, 0) is 12.1 Å². The Labute approximate surface area is 115 Å². The maximum absolute atomic E-state index is 11.8. The van der Waals surface area contributed by atoms with Crippen molar-refractivity contribution in [1.82, 2.24) is 9.78 Å². The third-order valence-corrected chi connectivity index (χ3v) is 2.53. The van der Waals surface area contributed by atoms with E-state index in [1.807, 2.05) is 18.2 Å². The predicted octanol–water partition coefficient (Wildman–Crippen LogP) is 0.891. The Bertz CT molecular complexity index is 622. The highest BCUT2D eigenvalue weighted by Gasteiger charge is 2.16. The number of rotatable bonds is 4. The molecule has 0 aliphatic carbocycles. The van der Waals surface area contributed by atoms with E-state index in [9.17, 15) is 9.59 Å². The van der Waals surface area contributed by atoms with E-state index in [0.717, 1.165) is 0 Å². The van der Waals surface area contributed by atoms with E-state index >= 15 is 0 Å². The van der Waals surface area contributed by atoms with Gasteiger partial charge >= 0.3 is 5.97 Å². The zero-order valence-electron chi connectivity index (χ0n) is 10.9. The summed E-state index contributed by atoms with van der Waals surface area (Å²) in [5.41, 5.74) is 6.49. The Morgan fingerprint density at radius 2 is 2.05 bits per heavy atom. The number of nitrogens with one attached hydrogen (secondary N) is 1. The van der Waals surface area contributed by atoms with Crippen molar-refractivity contribution in [3.05, 3.63) is 42.2 Å². The molecule has 0 aliphatic heterocycles. The largest absolute Gasteiger partial charge is 0.464 e. The smallest absolute Gasteiger partial charge is 0.360 e. The van der Waals surface area contributed by atoms with Crippen molar-refractivity contribution in [2.75, 3.05) is 18.2 Å². The molecule has 7 nitrogen and oxygen atoms in total. The molecular formula is C13H14N4O3. The number of hydrogen-bond acceptors (Lipinski definition) is 5. The summed E-state index contributed by atoms with van der Waals surface area (Å²) in [7, 11) is 1.24. The number of para-hydroxylation sites is 1. The molecule has 0 aliphatic rings. The van der Waals surface area contributed by atoms with Gasteiger partial charge in [0.15, 0.2) is 5.69 Å². The van der Waals surface area contributed by atoms with E-state index in [0.29, 0.717) is 5.69 Å². The Kier molecular flexibility index (Phi) is 3.99. The highest BCUT2D eigenvalue weighted by atomic mass is 16.5. The van der Waals surface area contributed by atoms with Gasteiger partial charge in [-0.1, -0.05) is 18.2 Å². The number of ether oxygens (including phenoxy) is 1. The van der Waals surface area contributed by atoms with E-state index in [1.165, 1.54) is 18.0 Å². The van der Waals surface area contributed by atoms with Gasteiger partial charge in [-0.2, -0.15) is 5.10 Å². The summed E-state index contributed by atoms with van der Waals surface area (Å²) in [6, 6.07) is 9.03. The molecule has 1 amide bonds. The van der Waals surface area contributed by atoms with Gasteiger partial charge in [-0.15, -0.1) is 0 Å². The molecule has 0 fully saturated rings. The molecule has 20 heavy (non-hydrogen) atoms. The summed E-state index contributed by atoms with van der Waals surface area (Å²) in [5, 5.41) is 6.62. The third kappa shape index (κ3) is 3.14. The lowest BCUT2D eigenvalue weighted by molar-refractivity contribution is -0.116. The highest BCUT2D eigenvalue weighted by Crippen LogP contribution is 2.10. The van der Waals surface area contributed by atoms with Crippen LogP contribution in [-0.2, 0) is 16.1 Å². The summed E-state index contributed by atoms with van der Waals surface area (Å²) in [4.78, 5) is 23.2. The molecule has 2 rings (SSSR count). The normalized spacial score (nSPS) is 10.1. The minimum atomic E-state index is -0.635. The second-order valence-corrected chi connectivity index (χ2v) is 4.04. The van der Waals surface area contributed by atoms with Gasteiger partial charge < -0.3 is 15.8 Å². The molecule has 0 saturated carbocycles. The second kappa shape index (κ2) is 5.87. The number of benzene rings is 1. The van der Waals surface area contributed by atoms with Gasteiger partial charge in [0.25, 0.3) is 0 Å². The van der Waals surface area contributed by atoms with Crippen LogP contribution in [0.25, 0.3) is 0 Å². The molecule has 7 heteroatoms. The molecule has 1 heterocycles. The summed E-state index contributed by atoms with van der Waals surface area (Å²) in [5.74, 6) is -0.903. The van der Waals surface area contributed by atoms with Gasteiger partial charge in [0.05, 0.1) is 12.8 Å². The van der Waals surface area contributed by atoms with Crippen LogP contribution >= 0.6 is 0 Å². The summed E-state index contributed by atoms with van der Waals surface area (Å²) < 4.78 is 5.83. The minimum Gasteiger partial charge on any atom is -0.464 e. The van der Waals surface area contributed by atoms with Crippen molar-refractivity contribution < 1.29 is 14.3 Å². The first kappa shape index (κ1) is 13.6. The van der Waals surface area contributed by atoms with Crippen molar-refractivity contribution in [2.24, 2.45) is 0 Å². The van der Waals surface area contributed by atoms with Crippen LogP contribution in [0.3, 0.4) is 0 Å². The van der Waals surface area contributed by atoms with Crippen LogP contribution in [0.1, 0.15) is 10.5 Å². The lowest BCUT2D eigenvalue weighted by atomic mass is 10.3. The first-order chi connectivity index (χ1) is 9.60. The number of esters is 1. The van der Waals surface area contributed by atoms with Crippen molar-refractivity contribution in [3.8, 4) is 0 Å². The molecule has 0 atom stereocenters. The van der Waals surface area contributed by atoms with Crippen LogP contribution in [0.15, 0.2) is 36.5 Å². The van der Waals surface area contributed by atoms with Crippen LogP contribution in [-0.4, -0.2) is 28.8 Å². The number of carbonyl (C=O) groups excluding carboxylic acids is 2. The molecule has 0 spiro atoms. The molecule has 0 bridgehead atoms. The predicted molar refractivity (Wildman–Crippen MR) is 73.1 cm³/mol. The van der Waals surface area contributed by atoms with E-state index in [4.69, 9.17) is 5.73 Å². The molecule has 104 valence electrons. The fraction of sp³-hybridized carbons (Fsp3) is 0.154. The van der Waals surface area contributed by atoms with Crippen LogP contribution in [0.4, 0.5) is 11.4 Å². The van der Waals surface area contributed by atoms with E-state index in [1.54, 1.807) is 12.1 Å². The number of aromatic nitrogens is 2.